The summed E-state index contributed by atoms with van der Waals surface area (Å²) in [6.07, 6.45) is -0.0939. The van der Waals surface area contributed by atoms with Crippen molar-refractivity contribution in [2.75, 3.05) is 10.8 Å². The molecule has 1 aliphatic rings. The summed E-state index contributed by atoms with van der Waals surface area (Å²) in [6, 6.07) is 17.3. The maximum absolute atomic E-state index is 13.9. The molecule has 0 fully saturated rings. The normalized spacial score (nSPS) is 15.8. The molecule has 0 saturated carbocycles. The number of fused-ring (bicyclic) bond motifs is 1. The molecule has 2 heterocycles. The molecule has 2 aromatic carbocycles. The number of carbonyl (C=O) groups excluding carboxylic acids is 2. The van der Waals surface area contributed by atoms with E-state index in [1.807, 2.05) is 58.0 Å². The minimum absolute atomic E-state index is 0.0493. The molecule has 8 nitrogen and oxygen atoms in total. The van der Waals surface area contributed by atoms with Gasteiger partial charge in [-0.3, -0.25) is 18.9 Å². The number of nitrogens with zero attached hydrogens (tertiary/aromatic N) is 2. The second kappa shape index (κ2) is 11.6. The van der Waals surface area contributed by atoms with Gasteiger partial charge < -0.3 is 10.1 Å². The first kappa shape index (κ1) is 28.3. The number of rotatable bonds is 9. The molecule has 0 radical (unpaired) electrons. The van der Waals surface area contributed by atoms with Crippen LogP contribution in [0.15, 0.2) is 65.6 Å². The Morgan fingerprint density at radius 3 is 2.49 bits per heavy atom. The highest BCUT2D eigenvalue weighted by atomic mass is 32.2. The number of nitrogens with one attached hydrogen (secondary N) is 1. The van der Waals surface area contributed by atoms with Gasteiger partial charge in [0.05, 0.1) is 28.9 Å². The number of anilines is 1. The predicted molar refractivity (Wildman–Crippen MR) is 151 cm³/mol. The van der Waals surface area contributed by atoms with Crippen molar-refractivity contribution in [3.8, 4) is 17.0 Å². The lowest BCUT2D eigenvalue weighted by atomic mass is 9.95. The van der Waals surface area contributed by atoms with Gasteiger partial charge in [-0.05, 0) is 74.2 Å². The number of sulfonamides is 1. The third kappa shape index (κ3) is 6.47. The second-order valence-corrected chi connectivity index (χ2v) is 12.2. The quantitative estimate of drug-likeness (QED) is 0.410. The Morgan fingerprint density at radius 2 is 1.82 bits per heavy atom. The summed E-state index contributed by atoms with van der Waals surface area (Å²) < 4.78 is 35.5. The second-order valence-electron chi connectivity index (χ2n) is 10.4. The molecule has 0 unspecified atom stereocenters. The van der Waals surface area contributed by atoms with E-state index in [1.165, 1.54) is 11.2 Å². The highest BCUT2D eigenvalue weighted by molar-refractivity contribution is 7.92. The predicted octanol–water partition coefficient (Wildman–Crippen LogP) is 4.83. The van der Waals surface area contributed by atoms with Crippen LogP contribution in [0.3, 0.4) is 0 Å². The van der Waals surface area contributed by atoms with Crippen LogP contribution in [-0.4, -0.2) is 43.8 Å². The minimum atomic E-state index is -3.93. The van der Waals surface area contributed by atoms with E-state index < -0.39 is 22.2 Å². The smallest absolute Gasteiger partial charge is 0.264 e. The molecule has 1 amide bonds. The first-order chi connectivity index (χ1) is 18.5. The van der Waals surface area contributed by atoms with Gasteiger partial charge >= 0.3 is 0 Å². The van der Waals surface area contributed by atoms with Crippen LogP contribution < -0.4 is 14.4 Å². The summed E-state index contributed by atoms with van der Waals surface area (Å²) in [5.41, 5.74) is 3.63. The van der Waals surface area contributed by atoms with Crippen LogP contribution in [-0.2, 0) is 19.6 Å². The van der Waals surface area contributed by atoms with Crippen molar-refractivity contribution in [2.24, 2.45) is 5.92 Å². The monoisotopic (exact) mass is 549 g/mol. The Bertz CT molecular complexity index is 1490. The van der Waals surface area contributed by atoms with Crippen molar-refractivity contribution in [2.45, 2.75) is 64.5 Å². The van der Waals surface area contributed by atoms with Gasteiger partial charge in [0.1, 0.15) is 11.9 Å². The molecule has 0 spiro atoms. The Labute approximate surface area is 230 Å². The van der Waals surface area contributed by atoms with Crippen LogP contribution in [0.25, 0.3) is 11.3 Å². The van der Waals surface area contributed by atoms with Gasteiger partial charge in [-0.25, -0.2) is 8.42 Å². The van der Waals surface area contributed by atoms with Gasteiger partial charge in [0.15, 0.2) is 5.78 Å². The number of amides is 1. The summed E-state index contributed by atoms with van der Waals surface area (Å²) in [5.74, 6) is -0.0161. The first-order valence-corrected chi connectivity index (χ1v) is 14.5. The maximum Gasteiger partial charge on any atom is 0.264 e. The number of Topliss-reactive ketones (excluding diaryl/α,β-unsaturated/α-hetero) is 1. The molecule has 2 atom stereocenters. The van der Waals surface area contributed by atoms with Crippen molar-refractivity contribution >= 4 is 27.4 Å². The number of benzene rings is 2. The third-order valence-electron chi connectivity index (χ3n) is 6.74. The molecule has 0 aliphatic carbocycles. The average molecular weight is 550 g/mol. The Balaban J connectivity index is 1.68. The number of hydrogen-bond donors (Lipinski definition) is 1. The summed E-state index contributed by atoms with van der Waals surface area (Å²) in [6.45, 7) is 8.95. The number of pyridine rings is 1. The Morgan fingerprint density at radius 1 is 1.08 bits per heavy atom. The van der Waals surface area contributed by atoms with Crippen LogP contribution in [0.1, 0.15) is 44.9 Å². The van der Waals surface area contributed by atoms with Gasteiger partial charge in [-0.15, -0.1) is 0 Å². The van der Waals surface area contributed by atoms with E-state index in [2.05, 4.69) is 10.3 Å². The van der Waals surface area contributed by atoms with Crippen molar-refractivity contribution in [3.63, 3.8) is 0 Å². The zero-order chi connectivity index (χ0) is 28.3. The summed E-state index contributed by atoms with van der Waals surface area (Å²) in [4.78, 5) is 29.3. The lowest BCUT2D eigenvalue weighted by Crippen LogP contribution is -2.46. The highest BCUT2D eigenvalue weighted by Crippen LogP contribution is 2.40. The number of carbonyl (C=O) groups is 2. The summed E-state index contributed by atoms with van der Waals surface area (Å²) in [7, 11) is -3.93. The highest BCUT2D eigenvalue weighted by Gasteiger charge is 2.35. The van der Waals surface area contributed by atoms with E-state index >= 15 is 0 Å². The number of aromatic nitrogens is 1. The van der Waals surface area contributed by atoms with E-state index in [9.17, 15) is 18.0 Å². The minimum Gasteiger partial charge on any atom is -0.486 e. The van der Waals surface area contributed by atoms with E-state index in [4.69, 9.17) is 4.74 Å². The van der Waals surface area contributed by atoms with E-state index in [0.717, 1.165) is 22.5 Å². The van der Waals surface area contributed by atoms with Crippen molar-refractivity contribution in [1.29, 1.82) is 0 Å². The molecule has 1 N–H and O–H groups in total. The van der Waals surface area contributed by atoms with E-state index in [1.54, 1.807) is 30.3 Å². The molecule has 1 aliphatic heterocycles. The topological polar surface area (TPSA) is 106 Å². The Kier molecular flexibility index (Phi) is 8.39. The third-order valence-corrected chi connectivity index (χ3v) is 8.51. The van der Waals surface area contributed by atoms with E-state index in [0.29, 0.717) is 17.9 Å². The van der Waals surface area contributed by atoms with Gasteiger partial charge in [0, 0.05) is 24.6 Å². The molecular formula is C30H35N3O5S. The summed E-state index contributed by atoms with van der Waals surface area (Å²) >= 11 is 0. The van der Waals surface area contributed by atoms with Crippen molar-refractivity contribution in [1.82, 2.24) is 10.3 Å². The molecule has 0 saturated heterocycles. The number of ether oxygens (including phenoxy) is 1. The largest absolute Gasteiger partial charge is 0.486 e. The first-order valence-electron chi connectivity index (χ1n) is 13.1. The van der Waals surface area contributed by atoms with Gasteiger partial charge in [0.25, 0.3) is 10.0 Å². The fourth-order valence-corrected chi connectivity index (χ4v) is 6.36. The van der Waals surface area contributed by atoms with Gasteiger partial charge in [-0.2, -0.15) is 0 Å². The molecule has 4 rings (SSSR count). The molecular weight excluding hydrogens is 514 g/mol. The van der Waals surface area contributed by atoms with E-state index in [-0.39, 0.29) is 35.5 Å². The van der Waals surface area contributed by atoms with Crippen LogP contribution in [0, 0.1) is 19.8 Å². The maximum atomic E-state index is 13.9. The van der Waals surface area contributed by atoms with Crippen molar-refractivity contribution < 1.29 is 22.7 Å². The molecule has 206 valence electrons. The van der Waals surface area contributed by atoms with Crippen molar-refractivity contribution in [3.05, 3.63) is 71.9 Å². The fraction of sp³-hybridized carbons (Fsp3) is 0.367. The van der Waals surface area contributed by atoms with Crippen LogP contribution in [0.5, 0.6) is 5.75 Å². The average Bonchev–Trinajstić information content (AvgIpc) is 2.89. The van der Waals surface area contributed by atoms with Crippen LogP contribution >= 0.6 is 0 Å². The molecule has 39 heavy (non-hydrogen) atoms. The standard InChI is InChI=1S/C30H35N3O5S/c1-19(2)30(32-22(5)34)28(35)14-13-24-18-33(39(36,37)25-10-6-8-20(3)16-25)27-17-23(12-15-29(27)38-24)26-11-7-9-21(4)31-26/h6-12,15-17,19,24,30H,13-14,18H2,1-5H3,(H,32,34)/t24-,30-/m0/s1. The number of aryl methyl sites for hydroxylation is 2. The van der Waals surface area contributed by atoms with Gasteiger partial charge in [0.2, 0.25) is 5.91 Å². The lowest BCUT2D eigenvalue weighted by molar-refractivity contribution is -0.128. The van der Waals surface area contributed by atoms with Crippen LogP contribution in [0.2, 0.25) is 0 Å². The SMILES string of the molecule is CC(=O)N[C@H](C(=O)CC[C@H]1CN(S(=O)(=O)c2cccc(C)c2)c2cc(-c3cccc(C)n3)ccc2O1)C(C)C. The van der Waals surface area contributed by atoms with Crippen LogP contribution in [0.4, 0.5) is 5.69 Å². The molecule has 1 aromatic heterocycles. The number of hydrogen-bond acceptors (Lipinski definition) is 6. The zero-order valence-electron chi connectivity index (χ0n) is 23.0. The number of ketones is 1. The summed E-state index contributed by atoms with van der Waals surface area (Å²) in [5, 5.41) is 2.73. The van der Waals surface area contributed by atoms with Gasteiger partial charge in [-0.1, -0.05) is 32.0 Å². The zero-order valence-corrected chi connectivity index (χ0v) is 23.8. The molecule has 0 bridgehead atoms. The lowest BCUT2D eigenvalue weighted by Gasteiger charge is -2.36. The molecule has 9 heteroatoms. The Hall–Kier alpha value is -3.72. The molecule has 3 aromatic rings. The fourth-order valence-electron chi connectivity index (χ4n) is 4.75.